The molecule has 3 aromatic rings. The van der Waals surface area contributed by atoms with E-state index in [9.17, 15) is 4.79 Å². The molecule has 0 aliphatic rings. The van der Waals surface area contributed by atoms with Crippen molar-refractivity contribution in [1.29, 1.82) is 0 Å². The fraction of sp³-hybridized carbons (Fsp3) is 0.296. The van der Waals surface area contributed by atoms with Crippen molar-refractivity contribution in [2.75, 3.05) is 13.2 Å². The normalized spacial score (nSPS) is 10.6. The molecule has 0 amide bonds. The molecule has 0 fully saturated rings. The van der Waals surface area contributed by atoms with Gasteiger partial charge in [0.05, 0.1) is 13.2 Å². The molecule has 168 valence electrons. The lowest BCUT2D eigenvalue weighted by atomic mass is 10.0. The second kappa shape index (κ2) is 11.8. The number of hydrogen-bond acceptors (Lipinski definition) is 4. The quantitative estimate of drug-likeness (QED) is 0.343. The lowest BCUT2D eigenvalue weighted by Gasteiger charge is -2.14. The van der Waals surface area contributed by atoms with Gasteiger partial charge in [0.15, 0.2) is 11.5 Å². The molecule has 0 radical (unpaired) electrons. The molecule has 0 aliphatic carbocycles. The Labute approximate surface area is 189 Å². The van der Waals surface area contributed by atoms with Gasteiger partial charge in [-0.3, -0.25) is 4.79 Å². The van der Waals surface area contributed by atoms with E-state index >= 15 is 0 Å². The van der Waals surface area contributed by atoms with Gasteiger partial charge in [-0.25, -0.2) is 0 Å². The molecule has 0 bridgehead atoms. The number of aryl methyl sites for hydroxylation is 3. The highest BCUT2D eigenvalue weighted by atomic mass is 16.5. The van der Waals surface area contributed by atoms with Gasteiger partial charge in [-0.2, -0.15) is 0 Å². The summed E-state index contributed by atoms with van der Waals surface area (Å²) in [6.07, 6.45) is 2.24. The molecule has 1 N–H and O–H groups in total. The number of para-hydroxylation sites is 1. The molecule has 5 nitrogen and oxygen atoms in total. The monoisotopic (exact) mass is 434 g/mol. The van der Waals surface area contributed by atoms with Gasteiger partial charge >= 0.3 is 5.97 Å². The third-order valence-electron chi connectivity index (χ3n) is 5.05. The Hall–Kier alpha value is -3.47. The van der Waals surface area contributed by atoms with Crippen LogP contribution in [0.15, 0.2) is 66.7 Å². The van der Waals surface area contributed by atoms with E-state index in [1.54, 1.807) is 0 Å². The molecule has 0 saturated heterocycles. The number of rotatable bonds is 12. The van der Waals surface area contributed by atoms with Crippen molar-refractivity contribution in [1.82, 2.24) is 0 Å². The number of aliphatic carboxylic acids is 1. The minimum Gasteiger partial charge on any atom is -0.493 e. The minimum atomic E-state index is -0.779. The molecule has 3 rings (SSSR count). The van der Waals surface area contributed by atoms with Crippen molar-refractivity contribution in [2.24, 2.45) is 0 Å². The zero-order valence-corrected chi connectivity index (χ0v) is 18.7. The Balaban J connectivity index is 1.50. The first-order valence-corrected chi connectivity index (χ1v) is 11.0. The first-order valence-electron chi connectivity index (χ1n) is 11.0. The van der Waals surface area contributed by atoms with Gasteiger partial charge in [-0.1, -0.05) is 37.3 Å². The fourth-order valence-electron chi connectivity index (χ4n) is 3.37. The van der Waals surface area contributed by atoms with Gasteiger partial charge in [-0.05, 0) is 72.9 Å². The molecule has 0 aliphatic heterocycles. The molecule has 3 aromatic carbocycles. The Bertz CT molecular complexity index is 1010. The van der Waals surface area contributed by atoms with Gasteiger partial charge in [0.1, 0.15) is 11.5 Å². The molecule has 32 heavy (non-hydrogen) atoms. The maximum absolute atomic E-state index is 10.8. The summed E-state index contributed by atoms with van der Waals surface area (Å²) >= 11 is 0. The summed E-state index contributed by atoms with van der Waals surface area (Å²) in [6.45, 7) is 5.12. The van der Waals surface area contributed by atoms with Gasteiger partial charge in [0.2, 0.25) is 0 Å². The summed E-state index contributed by atoms with van der Waals surface area (Å²) in [6, 6.07) is 21.4. The maximum atomic E-state index is 10.8. The summed E-state index contributed by atoms with van der Waals surface area (Å²) < 4.78 is 17.8. The Morgan fingerprint density at radius 3 is 2.38 bits per heavy atom. The lowest BCUT2D eigenvalue weighted by molar-refractivity contribution is -0.136. The van der Waals surface area contributed by atoms with E-state index in [-0.39, 0.29) is 6.42 Å². The molecule has 0 aromatic heterocycles. The average Bonchev–Trinajstić information content (AvgIpc) is 2.79. The van der Waals surface area contributed by atoms with Crippen LogP contribution in [0.5, 0.6) is 23.0 Å². The van der Waals surface area contributed by atoms with Gasteiger partial charge < -0.3 is 19.3 Å². The molecule has 5 heteroatoms. The molecule has 0 spiro atoms. The van der Waals surface area contributed by atoms with Crippen LogP contribution in [0.4, 0.5) is 0 Å². The van der Waals surface area contributed by atoms with Gasteiger partial charge in [0.25, 0.3) is 0 Å². The summed E-state index contributed by atoms with van der Waals surface area (Å²) in [5.74, 6) is 2.18. The van der Waals surface area contributed by atoms with Gasteiger partial charge in [0, 0.05) is 12.8 Å². The summed E-state index contributed by atoms with van der Waals surface area (Å²) in [7, 11) is 0. The second-order valence-corrected chi connectivity index (χ2v) is 7.59. The lowest BCUT2D eigenvalue weighted by Crippen LogP contribution is -2.06. The van der Waals surface area contributed by atoms with Crippen LogP contribution in [0.2, 0.25) is 0 Å². The third kappa shape index (κ3) is 7.05. The largest absolute Gasteiger partial charge is 0.493 e. The van der Waals surface area contributed by atoms with Crippen LogP contribution in [0, 0.1) is 6.92 Å². The first-order chi connectivity index (χ1) is 15.5. The summed E-state index contributed by atoms with van der Waals surface area (Å²) in [5.41, 5.74) is 3.29. The molecular weight excluding hydrogens is 404 g/mol. The number of carboxylic acids is 1. The number of hydrogen-bond donors (Lipinski definition) is 1. The highest BCUT2D eigenvalue weighted by Crippen LogP contribution is 2.32. The van der Waals surface area contributed by atoms with Crippen molar-refractivity contribution in [3.05, 3.63) is 83.4 Å². The predicted octanol–water partition coefficient (Wildman–Crippen LogP) is 6.21. The van der Waals surface area contributed by atoms with Crippen molar-refractivity contribution >= 4 is 5.97 Å². The molecule has 0 unspecified atom stereocenters. The van der Waals surface area contributed by atoms with Crippen LogP contribution < -0.4 is 14.2 Å². The van der Waals surface area contributed by atoms with E-state index in [4.69, 9.17) is 19.3 Å². The summed E-state index contributed by atoms with van der Waals surface area (Å²) in [4.78, 5) is 10.8. The summed E-state index contributed by atoms with van der Waals surface area (Å²) in [5, 5.41) is 8.90. The fourth-order valence-corrected chi connectivity index (χ4v) is 3.37. The second-order valence-electron chi connectivity index (χ2n) is 7.59. The van der Waals surface area contributed by atoms with Crippen LogP contribution >= 0.6 is 0 Å². The smallest absolute Gasteiger partial charge is 0.303 e. The first kappa shape index (κ1) is 23.2. The number of ether oxygens (including phenoxy) is 3. The van der Waals surface area contributed by atoms with E-state index in [0.717, 1.165) is 41.0 Å². The maximum Gasteiger partial charge on any atom is 0.303 e. The highest BCUT2D eigenvalue weighted by molar-refractivity contribution is 5.67. The minimum absolute atomic E-state index is 0.138. The van der Waals surface area contributed by atoms with Crippen LogP contribution in [-0.2, 0) is 17.6 Å². The topological polar surface area (TPSA) is 65.0 Å². The Morgan fingerprint density at radius 2 is 1.62 bits per heavy atom. The van der Waals surface area contributed by atoms with E-state index in [0.29, 0.717) is 31.1 Å². The molecule has 0 heterocycles. The number of benzene rings is 3. The predicted molar refractivity (Wildman–Crippen MR) is 125 cm³/mol. The van der Waals surface area contributed by atoms with E-state index in [1.807, 2.05) is 73.7 Å². The third-order valence-corrected chi connectivity index (χ3v) is 5.05. The zero-order chi connectivity index (χ0) is 22.8. The number of carbonyl (C=O) groups is 1. The van der Waals surface area contributed by atoms with Crippen LogP contribution in [0.3, 0.4) is 0 Å². The van der Waals surface area contributed by atoms with Crippen molar-refractivity contribution < 1.29 is 24.1 Å². The van der Waals surface area contributed by atoms with E-state index < -0.39 is 5.97 Å². The zero-order valence-electron chi connectivity index (χ0n) is 18.7. The molecular formula is C27H30O5. The van der Waals surface area contributed by atoms with Crippen molar-refractivity contribution in [3.8, 4) is 23.0 Å². The van der Waals surface area contributed by atoms with Crippen LogP contribution in [-0.4, -0.2) is 24.3 Å². The van der Waals surface area contributed by atoms with Crippen molar-refractivity contribution in [2.45, 2.75) is 39.5 Å². The molecule has 0 atom stereocenters. The van der Waals surface area contributed by atoms with E-state index in [1.165, 1.54) is 0 Å². The van der Waals surface area contributed by atoms with E-state index in [2.05, 4.69) is 6.92 Å². The molecule has 0 saturated carbocycles. The Morgan fingerprint density at radius 1 is 0.844 bits per heavy atom. The van der Waals surface area contributed by atoms with Crippen LogP contribution in [0.1, 0.15) is 36.5 Å². The Kier molecular flexibility index (Phi) is 8.55. The standard InChI is InChI=1S/C27H30O5/c1-3-21-19-24(13-11-22(21)12-15-27(28)29)30-16-7-17-31-25-14-10-20(2)18-26(25)32-23-8-5-4-6-9-23/h4-6,8-11,13-14,18-19H,3,7,12,15-17H2,1-2H3,(H,28,29). The SMILES string of the molecule is CCc1cc(OCCCOc2ccc(C)cc2Oc2ccccc2)ccc1CCC(=O)O. The average molecular weight is 435 g/mol. The highest BCUT2D eigenvalue weighted by Gasteiger charge is 2.08. The van der Waals surface area contributed by atoms with Gasteiger partial charge in [-0.15, -0.1) is 0 Å². The van der Waals surface area contributed by atoms with Crippen molar-refractivity contribution in [3.63, 3.8) is 0 Å². The van der Waals surface area contributed by atoms with Crippen LogP contribution in [0.25, 0.3) is 0 Å². The number of carboxylic acid groups (broad SMARTS) is 1.